The number of non-ortho nitro benzene ring substituents is 1. The molecule has 0 saturated carbocycles. The highest BCUT2D eigenvalue weighted by molar-refractivity contribution is 7.80. The number of hydrogen-bond acceptors (Lipinski definition) is 6. The lowest BCUT2D eigenvalue weighted by Crippen LogP contribution is -2.50. The summed E-state index contributed by atoms with van der Waals surface area (Å²) in [6.07, 6.45) is 0. The topological polar surface area (TPSA) is 80.1 Å². The van der Waals surface area contributed by atoms with Gasteiger partial charge in [-0.15, -0.1) is 0 Å². The number of thiocarbonyl (C=S) groups is 1. The molecule has 0 amide bonds. The van der Waals surface area contributed by atoms with E-state index >= 15 is 0 Å². The van der Waals surface area contributed by atoms with Crippen LogP contribution in [0.15, 0.2) is 42.5 Å². The van der Waals surface area contributed by atoms with Crippen LogP contribution in [0.1, 0.15) is 0 Å². The van der Waals surface area contributed by atoms with Crippen LogP contribution in [-0.2, 0) is 0 Å². The van der Waals surface area contributed by atoms with Crippen molar-refractivity contribution in [3.05, 3.63) is 52.6 Å². The number of methoxy groups -OCH3 is 2. The van der Waals surface area contributed by atoms with Crippen LogP contribution in [0, 0.1) is 10.1 Å². The second kappa shape index (κ2) is 8.75. The van der Waals surface area contributed by atoms with E-state index in [1.165, 1.54) is 19.2 Å². The summed E-state index contributed by atoms with van der Waals surface area (Å²) in [4.78, 5) is 14.8. The Bertz CT molecular complexity index is 869. The van der Waals surface area contributed by atoms with E-state index in [9.17, 15) is 10.1 Å². The highest BCUT2D eigenvalue weighted by Gasteiger charge is 2.21. The van der Waals surface area contributed by atoms with E-state index in [0.29, 0.717) is 16.5 Å². The van der Waals surface area contributed by atoms with Crippen LogP contribution in [-0.4, -0.2) is 55.3 Å². The molecule has 0 unspecified atom stereocenters. The van der Waals surface area contributed by atoms with E-state index in [1.54, 1.807) is 13.2 Å². The Labute approximate surface area is 168 Å². The van der Waals surface area contributed by atoms with Gasteiger partial charge < -0.3 is 24.6 Å². The lowest BCUT2D eigenvalue weighted by atomic mass is 10.2. The van der Waals surface area contributed by atoms with Gasteiger partial charge in [0.2, 0.25) is 0 Å². The van der Waals surface area contributed by atoms with Crippen molar-refractivity contribution in [1.29, 1.82) is 0 Å². The molecule has 0 bridgehead atoms. The average molecular weight is 402 g/mol. The zero-order valence-corrected chi connectivity index (χ0v) is 16.6. The Hall–Kier alpha value is -3.07. The van der Waals surface area contributed by atoms with E-state index in [1.807, 2.05) is 18.2 Å². The molecule has 0 aromatic heterocycles. The Morgan fingerprint density at radius 2 is 1.86 bits per heavy atom. The van der Waals surface area contributed by atoms with Crippen LogP contribution in [0.3, 0.4) is 0 Å². The van der Waals surface area contributed by atoms with Gasteiger partial charge in [-0.3, -0.25) is 10.1 Å². The first-order valence-electron chi connectivity index (χ1n) is 8.79. The molecule has 2 aromatic carbocycles. The molecule has 8 nitrogen and oxygen atoms in total. The molecule has 1 N–H and O–H groups in total. The minimum absolute atomic E-state index is 0.0276. The van der Waals surface area contributed by atoms with Crippen LogP contribution in [0.25, 0.3) is 0 Å². The lowest BCUT2D eigenvalue weighted by Gasteiger charge is -2.37. The van der Waals surface area contributed by atoms with Gasteiger partial charge in [0.1, 0.15) is 11.5 Å². The van der Waals surface area contributed by atoms with Gasteiger partial charge in [-0.25, -0.2) is 0 Å². The van der Waals surface area contributed by atoms with E-state index < -0.39 is 4.92 Å². The number of anilines is 2. The largest absolute Gasteiger partial charge is 0.497 e. The number of piperazine rings is 1. The molecule has 1 aliphatic heterocycles. The summed E-state index contributed by atoms with van der Waals surface area (Å²) in [6, 6.07) is 12.4. The average Bonchev–Trinajstić information content (AvgIpc) is 2.74. The number of nitrogens with zero attached hydrogens (tertiary/aromatic N) is 3. The van der Waals surface area contributed by atoms with E-state index in [-0.39, 0.29) is 5.69 Å². The fourth-order valence-electron chi connectivity index (χ4n) is 3.07. The number of nitro benzene ring substituents is 1. The van der Waals surface area contributed by atoms with Gasteiger partial charge in [-0.2, -0.15) is 0 Å². The first kappa shape index (κ1) is 19.7. The number of benzene rings is 2. The van der Waals surface area contributed by atoms with Crippen molar-refractivity contribution in [3.63, 3.8) is 0 Å². The van der Waals surface area contributed by atoms with Gasteiger partial charge in [0.05, 0.1) is 30.9 Å². The molecule has 0 atom stereocenters. The summed E-state index contributed by atoms with van der Waals surface area (Å²) in [6.45, 7) is 3.18. The van der Waals surface area contributed by atoms with Crippen molar-refractivity contribution in [2.24, 2.45) is 0 Å². The maximum absolute atomic E-state index is 10.9. The summed E-state index contributed by atoms with van der Waals surface area (Å²) in [7, 11) is 3.13. The highest BCUT2D eigenvalue weighted by atomic mass is 32.1. The minimum Gasteiger partial charge on any atom is -0.497 e. The van der Waals surface area contributed by atoms with Crippen LogP contribution in [0.2, 0.25) is 0 Å². The summed E-state index contributed by atoms with van der Waals surface area (Å²) in [5.74, 6) is 1.22. The number of rotatable bonds is 5. The van der Waals surface area contributed by atoms with Crippen LogP contribution in [0.5, 0.6) is 11.5 Å². The number of ether oxygens (including phenoxy) is 2. The Balaban J connectivity index is 1.62. The zero-order chi connectivity index (χ0) is 20.1. The van der Waals surface area contributed by atoms with Crippen LogP contribution >= 0.6 is 12.2 Å². The van der Waals surface area contributed by atoms with Crippen molar-refractivity contribution in [1.82, 2.24) is 4.90 Å². The monoisotopic (exact) mass is 402 g/mol. The second-order valence-corrected chi connectivity index (χ2v) is 6.63. The highest BCUT2D eigenvalue weighted by Crippen LogP contribution is 2.29. The van der Waals surface area contributed by atoms with Gasteiger partial charge >= 0.3 is 0 Å². The minimum atomic E-state index is -0.456. The maximum atomic E-state index is 10.9. The standard InChI is InChI=1S/C19H22N4O4S/c1-26-16-5-3-4-14(12-16)21-8-10-22(11-9-21)19(28)20-17-7-6-15(23(24)25)13-18(17)27-2/h3-7,12-13H,8-11H2,1-2H3,(H,20,28). The van der Waals surface area contributed by atoms with Crippen LogP contribution in [0.4, 0.5) is 17.1 Å². The molecule has 1 aliphatic rings. The van der Waals surface area contributed by atoms with Crippen molar-refractivity contribution >= 4 is 34.4 Å². The maximum Gasteiger partial charge on any atom is 0.273 e. The predicted octanol–water partition coefficient (Wildman–Crippen LogP) is 3.13. The molecule has 0 spiro atoms. The summed E-state index contributed by atoms with van der Waals surface area (Å²) >= 11 is 5.53. The summed E-state index contributed by atoms with van der Waals surface area (Å²) in [5, 5.41) is 14.6. The molecular formula is C19H22N4O4S. The third-order valence-corrected chi connectivity index (χ3v) is 4.98. The molecule has 9 heteroatoms. The molecule has 0 aliphatic carbocycles. The van der Waals surface area contributed by atoms with Crippen molar-refractivity contribution in [2.75, 3.05) is 50.6 Å². The van der Waals surface area contributed by atoms with E-state index in [0.717, 1.165) is 37.6 Å². The quantitative estimate of drug-likeness (QED) is 0.464. The Morgan fingerprint density at radius 1 is 1.11 bits per heavy atom. The van der Waals surface area contributed by atoms with Gasteiger partial charge in [-0.05, 0) is 30.4 Å². The van der Waals surface area contributed by atoms with Gasteiger partial charge in [-0.1, -0.05) is 6.07 Å². The third kappa shape index (κ3) is 4.42. The molecule has 28 heavy (non-hydrogen) atoms. The molecule has 1 fully saturated rings. The Morgan fingerprint density at radius 3 is 2.50 bits per heavy atom. The van der Waals surface area contributed by atoms with Gasteiger partial charge in [0, 0.05) is 44.0 Å². The lowest BCUT2D eigenvalue weighted by molar-refractivity contribution is -0.384. The second-order valence-electron chi connectivity index (χ2n) is 6.25. The van der Waals surface area contributed by atoms with E-state index in [4.69, 9.17) is 21.7 Å². The van der Waals surface area contributed by atoms with Crippen molar-refractivity contribution in [2.45, 2.75) is 0 Å². The molecular weight excluding hydrogens is 380 g/mol. The fourth-order valence-corrected chi connectivity index (χ4v) is 3.36. The molecule has 0 radical (unpaired) electrons. The van der Waals surface area contributed by atoms with E-state index in [2.05, 4.69) is 21.2 Å². The summed E-state index contributed by atoms with van der Waals surface area (Å²) < 4.78 is 10.6. The summed E-state index contributed by atoms with van der Waals surface area (Å²) in [5.41, 5.74) is 1.70. The predicted molar refractivity (Wildman–Crippen MR) is 113 cm³/mol. The molecule has 1 heterocycles. The van der Waals surface area contributed by atoms with Crippen molar-refractivity contribution < 1.29 is 14.4 Å². The zero-order valence-electron chi connectivity index (χ0n) is 15.8. The Kier molecular flexibility index (Phi) is 6.15. The molecule has 3 rings (SSSR count). The first-order chi connectivity index (χ1) is 13.5. The number of hydrogen-bond donors (Lipinski definition) is 1. The smallest absolute Gasteiger partial charge is 0.273 e. The fraction of sp³-hybridized carbons (Fsp3) is 0.316. The molecule has 148 valence electrons. The SMILES string of the molecule is COc1cccc(N2CCN(C(=S)Nc3ccc([N+](=O)[O-])cc3OC)CC2)c1. The molecule has 1 saturated heterocycles. The normalized spacial score (nSPS) is 13.8. The number of nitrogens with one attached hydrogen (secondary N) is 1. The third-order valence-electron chi connectivity index (χ3n) is 4.62. The van der Waals surface area contributed by atoms with Gasteiger partial charge in [0.15, 0.2) is 5.11 Å². The van der Waals surface area contributed by atoms with Gasteiger partial charge in [0.25, 0.3) is 5.69 Å². The number of nitro groups is 1. The first-order valence-corrected chi connectivity index (χ1v) is 9.20. The van der Waals surface area contributed by atoms with Crippen molar-refractivity contribution in [3.8, 4) is 11.5 Å². The molecule has 2 aromatic rings. The van der Waals surface area contributed by atoms with Crippen LogP contribution < -0.4 is 19.7 Å².